The van der Waals surface area contributed by atoms with Crippen molar-refractivity contribution < 1.29 is 26.4 Å². The lowest BCUT2D eigenvalue weighted by Gasteiger charge is -2.08. The van der Waals surface area contributed by atoms with Gasteiger partial charge >= 0.3 is 6.18 Å². The van der Waals surface area contributed by atoms with Gasteiger partial charge in [-0.25, -0.2) is 8.42 Å². The van der Waals surface area contributed by atoms with Crippen molar-refractivity contribution in [2.75, 3.05) is 5.75 Å². The summed E-state index contributed by atoms with van der Waals surface area (Å²) in [5.41, 5.74) is -0.652. The lowest BCUT2D eigenvalue weighted by atomic mass is 10.1. The van der Waals surface area contributed by atoms with Crippen molar-refractivity contribution >= 4 is 38.8 Å². The highest BCUT2D eigenvalue weighted by molar-refractivity contribution is 7.92. The largest absolute Gasteiger partial charge is 0.416 e. The first-order chi connectivity index (χ1) is 13.9. The number of nitrogens with zero attached hydrogens (tertiary/aromatic N) is 2. The molecule has 1 aromatic heterocycles. The number of aryl methyl sites for hydroxylation is 1. The van der Waals surface area contributed by atoms with E-state index in [9.17, 15) is 26.4 Å². The topological polar surface area (TPSA) is 69.0 Å². The summed E-state index contributed by atoms with van der Waals surface area (Å²) in [6.07, 6.45) is -4.53. The molecule has 5 nitrogen and oxygen atoms in total. The molecule has 0 amide bonds. The van der Waals surface area contributed by atoms with E-state index in [-0.39, 0.29) is 31.9 Å². The fraction of sp³-hybridized carbons (Fsp3) is 0.158. The second kappa shape index (κ2) is 8.05. The maximum Gasteiger partial charge on any atom is 0.416 e. The van der Waals surface area contributed by atoms with Crippen molar-refractivity contribution in [1.29, 1.82) is 0 Å². The Balaban J connectivity index is 1.92. The zero-order valence-electron chi connectivity index (χ0n) is 15.2. The van der Waals surface area contributed by atoms with Crippen molar-refractivity contribution in [3.8, 4) is 11.3 Å². The highest BCUT2D eigenvalue weighted by Gasteiger charge is 2.31. The maximum absolute atomic E-state index is 13.0. The van der Waals surface area contributed by atoms with Gasteiger partial charge in [0.05, 0.1) is 21.2 Å². The number of alkyl halides is 3. The minimum Gasteiger partial charge on any atom is -0.291 e. The van der Waals surface area contributed by atoms with Crippen LogP contribution in [-0.4, -0.2) is 29.7 Å². The number of hydrogen-bond donors (Lipinski definition) is 0. The van der Waals surface area contributed by atoms with Gasteiger partial charge in [0.15, 0.2) is 15.6 Å². The first kappa shape index (κ1) is 22.3. The number of carbonyl (C=O) groups is 1. The van der Waals surface area contributed by atoms with Gasteiger partial charge < -0.3 is 0 Å². The number of benzene rings is 2. The van der Waals surface area contributed by atoms with Crippen molar-refractivity contribution in [3.05, 3.63) is 69.8 Å². The molecule has 0 atom stereocenters. The zero-order valence-corrected chi connectivity index (χ0v) is 17.6. The molecule has 1 heterocycles. The Labute approximate surface area is 180 Å². The third kappa shape index (κ3) is 4.69. The third-order valence-corrected chi connectivity index (χ3v) is 6.53. The molecule has 0 radical (unpaired) electrons. The fourth-order valence-corrected chi connectivity index (χ4v) is 4.80. The number of hydrogen-bond acceptors (Lipinski definition) is 4. The van der Waals surface area contributed by atoms with Gasteiger partial charge in [0.2, 0.25) is 0 Å². The van der Waals surface area contributed by atoms with E-state index < -0.39 is 33.1 Å². The molecule has 30 heavy (non-hydrogen) atoms. The molecule has 0 spiro atoms. The van der Waals surface area contributed by atoms with E-state index in [1.165, 1.54) is 42.1 Å². The standard InChI is InChI=1S/C19H13Cl2F3N2O3S/c1-26-16(11-3-2-4-12(7-11)19(22,23)24)9-15(25-26)17(27)10-30(28,29)18-8-13(20)5-6-14(18)21/h2-9H,10H2,1H3. The highest BCUT2D eigenvalue weighted by atomic mass is 35.5. The number of carbonyl (C=O) groups excluding carboxylic acids is 1. The first-order valence-corrected chi connectivity index (χ1v) is 10.7. The number of aromatic nitrogens is 2. The number of Topliss-reactive ketones (excluding diaryl/α,β-unsaturated/α-hetero) is 1. The summed E-state index contributed by atoms with van der Waals surface area (Å²) in [5.74, 6) is -1.76. The van der Waals surface area contributed by atoms with Gasteiger partial charge in [-0.05, 0) is 36.4 Å². The van der Waals surface area contributed by atoms with Crippen molar-refractivity contribution in [1.82, 2.24) is 9.78 Å². The van der Waals surface area contributed by atoms with Gasteiger partial charge in [0, 0.05) is 17.6 Å². The van der Waals surface area contributed by atoms with Crippen LogP contribution >= 0.6 is 23.2 Å². The Morgan fingerprint density at radius 1 is 1.10 bits per heavy atom. The molecule has 0 aliphatic carbocycles. The molecule has 3 aromatic rings. The van der Waals surface area contributed by atoms with Crippen LogP contribution in [-0.2, 0) is 23.1 Å². The van der Waals surface area contributed by atoms with Crippen LogP contribution in [0, 0.1) is 0 Å². The molecular formula is C19H13Cl2F3N2O3S. The van der Waals surface area contributed by atoms with E-state index in [4.69, 9.17) is 23.2 Å². The Hall–Kier alpha value is -2.36. The van der Waals surface area contributed by atoms with Gasteiger partial charge in [-0.15, -0.1) is 0 Å². The van der Waals surface area contributed by atoms with E-state index in [0.717, 1.165) is 18.2 Å². The van der Waals surface area contributed by atoms with Gasteiger partial charge in [0.25, 0.3) is 0 Å². The Morgan fingerprint density at radius 3 is 2.47 bits per heavy atom. The molecule has 0 saturated heterocycles. The molecule has 0 bridgehead atoms. The van der Waals surface area contributed by atoms with Gasteiger partial charge in [-0.3, -0.25) is 9.48 Å². The number of halogens is 5. The molecule has 3 rings (SSSR count). The van der Waals surface area contributed by atoms with Gasteiger partial charge in [0.1, 0.15) is 11.4 Å². The van der Waals surface area contributed by atoms with Crippen molar-refractivity contribution in [2.45, 2.75) is 11.1 Å². The quantitative estimate of drug-likeness (QED) is 0.482. The lowest BCUT2D eigenvalue weighted by molar-refractivity contribution is -0.137. The monoisotopic (exact) mass is 476 g/mol. The van der Waals surface area contributed by atoms with E-state index >= 15 is 0 Å². The van der Waals surface area contributed by atoms with Gasteiger partial charge in [-0.1, -0.05) is 35.3 Å². The SMILES string of the molecule is Cn1nc(C(=O)CS(=O)(=O)c2cc(Cl)ccc2Cl)cc1-c1cccc(C(F)(F)F)c1. The average Bonchev–Trinajstić information content (AvgIpc) is 3.04. The molecule has 0 aliphatic heterocycles. The summed E-state index contributed by atoms with van der Waals surface area (Å²) < 4.78 is 65.3. The van der Waals surface area contributed by atoms with E-state index in [1.54, 1.807) is 0 Å². The van der Waals surface area contributed by atoms with Crippen LogP contribution in [0.1, 0.15) is 16.1 Å². The predicted molar refractivity (Wildman–Crippen MR) is 106 cm³/mol. The summed E-state index contributed by atoms with van der Waals surface area (Å²) in [5, 5.41) is 4.01. The minimum absolute atomic E-state index is 0.0853. The highest BCUT2D eigenvalue weighted by Crippen LogP contribution is 2.32. The summed E-state index contributed by atoms with van der Waals surface area (Å²) in [6, 6.07) is 9.60. The van der Waals surface area contributed by atoms with E-state index in [1.807, 2.05) is 0 Å². The second-order valence-corrected chi connectivity index (χ2v) is 9.18. The molecule has 0 saturated carbocycles. The molecule has 11 heteroatoms. The van der Waals surface area contributed by atoms with Crippen LogP contribution in [0.2, 0.25) is 10.0 Å². The minimum atomic E-state index is -4.53. The molecule has 0 aliphatic rings. The van der Waals surface area contributed by atoms with Crippen LogP contribution in [0.25, 0.3) is 11.3 Å². The average molecular weight is 477 g/mol. The van der Waals surface area contributed by atoms with Crippen LogP contribution in [0.5, 0.6) is 0 Å². The fourth-order valence-electron chi connectivity index (χ4n) is 2.77. The molecule has 2 aromatic carbocycles. The number of sulfone groups is 1. The summed E-state index contributed by atoms with van der Waals surface area (Å²) in [7, 11) is -2.68. The Bertz CT molecular complexity index is 1240. The number of ketones is 1. The zero-order chi connectivity index (χ0) is 22.3. The molecule has 158 valence electrons. The normalized spacial score (nSPS) is 12.2. The smallest absolute Gasteiger partial charge is 0.291 e. The van der Waals surface area contributed by atoms with Crippen LogP contribution in [0.3, 0.4) is 0 Å². The summed E-state index contributed by atoms with van der Waals surface area (Å²) in [6.45, 7) is 0. The third-order valence-electron chi connectivity index (χ3n) is 4.20. The van der Waals surface area contributed by atoms with E-state index in [0.29, 0.717) is 0 Å². The summed E-state index contributed by atoms with van der Waals surface area (Å²) >= 11 is 11.7. The van der Waals surface area contributed by atoms with Crippen molar-refractivity contribution in [3.63, 3.8) is 0 Å². The Morgan fingerprint density at radius 2 is 1.80 bits per heavy atom. The molecular weight excluding hydrogens is 464 g/mol. The number of rotatable bonds is 5. The van der Waals surface area contributed by atoms with Crippen LogP contribution < -0.4 is 0 Å². The van der Waals surface area contributed by atoms with Crippen LogP contribution in [0.15, 0.2) is 53.4 Å². The second-order valence-electron chi connectivity index (χ2n) is 6.37. The molecule has 0 fully saturated rings. The summed E-state index contributed by atoms with van der Waals surface area (Å²) in [4.78, 5) is 12.2. The van der Waals surface area contributed by atoms with Gasteiger partial charge in [-0.2, -0.15) is 18.3 Å². The Kier molecular flexibility index (Phi) is 5.99. The molecule has 0 N–H and O–H groups in total. The van der Waals surface area contributed by atoms with Crippen molar-refractivity contribution in [2.24, 2.45) is 7.05 Å². The van der Waals surface area contributed by atoms with Crippen LogP contribution in [0.4, 0.5) is 13.2 Å². The lowest BCUT2D eigenvalue weighted by Crippen LogP contribution is -2.17. The molecule has 0 unspecified atom stereocenters. The predicted octanol–water partition coefficient (Wildman–Crippen LogP) is 5.07. The maximum atomic E-state index is 13.0. The first-order valence-electron chi connectivity index (χ1n) is 8.31. The van der Waals surface area contributed by atoms with E-state index in [2.05, 4.69) is 5.10 Å².